The second kappa shape index (κ2) is 28.6. The third kappa shape index (κ3) is 20.2. The van der Waals surface area contributed by atoms with Crippen LogP contribution in [0.25, 0.3) is 0 Å². The molecule has 0 heterocycles. The molecule has 0 aliphatic heterocycles. The second-order valence-electron chi connectivity index (χ2n) is 13.4. The topological polar surface area (TPSA) is 74.6 Å². The molecule has 0 fully saturated rings. The smallest absolute Gasteiger partial charge is 0.336 e. The Morgan fingerprint density at radius 3 is 1.07 bits per heavy atom. The number of carboxylic acid groups (broad SMARTS) is 2. The lowest BCUT2D eigenvalue weighted by Gasteiger charge is -2.15. The summed E-state index contributed by atoms with van der Waals surface area (Å²) in [5, 5.41) is 19.6. The summed E-state index contributed by atoms with van der Waals surface area (Å²) in [6.45, 7) is 4.54. The van der Waals surface area contributed by atoms with Gasteiger partial charge in [-0.1, -0.05) is 187 Å². The summed E-state index contributed by atoms with van der Waals surface area (Å²) in [6, 6.07) is 3.40. The lowest BCUT2D eigenvalue weighted by molar-refractivity contribution is 0.0650. The van der Waals surface area contributed by atoms with Crippen molar-refractivity contribution in [3.8, 4) is 0 Å². The Morgan fingerprint density at radius 2 is 0.750 bits per heavy atom. The quantitative estimate of drug-likeness (QED) is 0.0792. The van der Waals surface area contributed by atoms with Gasteiger partial charge in [-0.3, -0.25) is 0 Å². The van der Waals surface area contributed by atoms with Crippen LogP contribution in [-0.2, 0) is 12.8 Å². The number of unbranched alkanes of at least 4 members (excludes halogenated alkanes) is 26. The van der Waals surface area contributed by atoms with Crippen molar-refractivity contribution in [2.45, 2.75) is 206 Å². The Morgan fingerprint density at radius 1 is 0.432 bits per heavy atom. The molecule has 0 radical (unpaired) electrons. The van der Waals surface area contributed by atoms with Gasteiger partial charge in [0.1, 0.15) is 0 Å². The highest BCUT2D eigenvalue weighted by atomic mass is 16.4. The van der Waals surface area contributed by atoms with E-state index in [1.807, 2.05) is 6.07 Å². The molecule has 0 saturated heterocycles. The van der Waals surface area contributed by atoms with Gasteiger partial charge in [0, 0.05) is 0 Å². The molecule has 2 N–H and O–H groups in total. The first-order valence-corrected chi connectivity index (χ1v) is 19.1. The number of carbonyl (C=O) groups is 2. The monoisotopic (exact) mass is 615 g/mol. The standard InChI is InChI=1S/C40H70O4/c1-3-5-7-9-11-13-15-17-19-21-23-25-27-29-31-35-33-34-37(39(41)42)38(40(43)44)36(35)32-30-28-26-24-22-20-18-16-14-12-10-8-6-4-2/h33-34H,3-32H2,1-2H3,(H,41,42)(H,43,44). The maximum atomic E-state index is 12.2. The summed E-state index contributed by atoms with van der Waals surface area (Å²) in [7, 11) is 0. The van der Waals surface area contributed by atoms with Gasteiger partial charge < -0.3 is 10.2 Å². The van der Waals surface area contributed by atoms with Crippen LogP contribution in [0, 0.1) is 0 Å². The minimum absolute atomic E-state index is 0.0232. The number of benzene rings is 1. The van der Waals surface area contributed by atoms with Crippen molar-refractivity contribution in [2.75, 3.05) is 0 Å². The summed E-state index contributed by atoms with van der Waals surface area (Å²) in [5.41, 5.74) is 1.77. The zero-order chi connectivity index (χ0) is 32.1. The Hall–Kier alpha value is -1.84. The molecule has 1 aromatic carbocycles. The lowest BCUT2D eigenvalue weighted by Crippen LogP contribution is -2.14. The van der Waals surface area contributed by atoms with Crippen molar-refractivity contribution >= 4 is 11.9 Å². The van der Waals surface area contributed by atoms with Crippen LogP contribution in [0.2, 0.25) is 0 Å². The third-order valence-electron chi connectivity index (χ3n) is 9.43. The number of hydrogen-bond donors (Lipinski definition) is 2. The highest BCUT2D eigenvalue weighted by Gasteiger charge is 2.22. The van der Waals surface area contributed by atoms with Crippen molar-refractivity contribution < 1.29 is 19.8 Å². The van der Waals surface area contributed by atoms with Gasteiger partial charge in [-0.25, -0.2) is 9.59 Å². The van der Waals surface area contributed by atoms with E-state index in [9.17, 15) is 19.8 Å². The largest absolute Gasteiger partial charge is 0.478 e. The first kappa shape index (κ1) is 40.2. The van der Waals surface area contributed by atoms with Gasteiger partial charge in [0.05, 0.1) is 11.1 Å². The normalized spacial score (nSPS) is 11.3. The average Bonchev–Trinajstić information content (AvgIpc) is 3.01. The molecule has 0 bridgehead atoms. The van der Waals surface area contributed by atoms with Gasteiger partial charge in [0.2, 0.25) is 0 Å². The molecule has 0 aromatic heterocycles. The van der Waals surface area contributed by atoms with Gasteiger partial charge in [0.15, 0.2) is 0 Å². The van der Waals surface area contributed by atoms with Crippen LogP contribution in [0.4, 0.5) is 0 Å². The van der Waals surface area contributed by atoms with Crippen LogP contribution in [0.3, 0.4) is 0 Å². The third-order valence-corrected chi connectivity index (χ3v) is 9.43. The number of rotatable bonds is 32. The SMILES string of the molecule is CCCCCCCCCCCCCCCCc1ccc(C(=O)O)c(C(=O)O)c1CCCCCCCCCCCCCCCC. The van der Waals surface area contributed by atoms with E-state index in [0.29, 0.717) is 6.42 Å². The summed E-state index contributed by atoms with van der Waals surface area (Å²) < 4.78 is 0. The van der Waals surface area contributed by atoms with Gasteiger partial charge >= 0.3 is 11.9 Å². The fourth-order valence-electron chi connectivity index (χ4n) is 6.64. The van der Waals surface area contributed by atoms with E-state index in [4.69, 9.17) is 0 Å². The molecule has 4 nitrogen and oxygen atoms in total. The number of aromatic carboxylic acids is 2. The van der Waals surface area contributed by atoms with Gasteiger partial charge in [0.25, 0.3) is 0 Å². The first-order valence-electron chi connectivity index (χ1n) is 19.1. The summed E-state index contributed by atoms with van der Waals surface area (Å²) in [6.07, 6.45) is 37.9. The predicted molar refractivity (Wildman–Crippen MR) is 188 cm³/mol. The van der Waals surface area contributed by atoms with Crippen molar-refractivity contribution in [1.29, 1.82) is 0 Å². The highest BCUT2D eigenvalue weighted by molar-refractivity contribution is 6.03. The maximum absolute atomic E-state index is 12.2. The Balaban J connectivity index is 2.33. The molecule has 44 heavy (non-hydrogen) atoms. The van der Waals surface area contributed by atoms with Crippen molar-refractivity contribution in [3.63, 3.8) is 0 Å². The highest BCUT2D eigenvalue weighted by Crippen LogP contribution is 2.25. The second-order valence-corrected chi connectivity index (χ2v) is 13.4. The van der Waals surface area contributed by atoms with Crippen molar-refractivity contribution in [2.24, 2.45) is 0 Å². The van der Waals surface area contributed by atoms with E-state index in [2.05, 4.69) is 13.8 Å². The molecule has 254 valence electrons. The minimum atomic E-state index is -1.15. The zero-order valence-corrected chi connectivity index (χ0v) is 29.1. The molecular formula is C40H70O4. The molecule has 1 rings (SSSR count). The average molecular weight is 615 g/mol. The van der Waals surface area contributed by atoms with Crippen LogP contribution in [-0.4, -0.2) is 22.2 Å². The van der Waals surface area contributed by atoms with E-state index < -0.39 is 11.9 Å². The molecular weight excluding hydrogens is 544 g/mol. The number of aryl methyl sites for hydroxylation is 1. The molecule has 0 amide bonds. The molecule has 0 spiro atoms. The molecule has 0 aliphatic carbocycles. The van der Waals surface area contributed by atoms with Gasteiger partial charge in [-0.15, -0.1) is 0 Å². The molecule has 0 aliphatic rings. The summed E-state index contributed by atoms with van der Waals surface area (Å²) >= 11 is 0. The predicted octanol–water partition coefficient (Wildman–Crippen LogP) is 13.1. The molecule has 0 atom stereocenters. The fourth-order valence-corrected chi connectivity index (χ4v) is 6.64. The molecule has 0 unspecified atom stereocenters. The van der Waals surface area contributed by atoms with Gasteiger partial charge in [-0.2, -0.15) is 0 Å². The number of carboxylic acids is 2. The summed E-state index contributed by atoms with van der Waals surface area (Å²) in [5.74, 6) is -2.25. The maximum Gasteiger partial charge on any atom is 0.336 e. The van der Waals surface area contributed by atoms with Crippen LogP contribution >= 0.6 is 0 Å². The van der Waals surface area contributed by atoms with E-state index in [1.165, 1.54) is 160 Å². The van der Waals surface area contributed by atoms with Crippen LogP contribution < -0.4 is 0 Å². The first-order chi connectivity index (χ1) is 21.5. The van der Waals surface area contributed by atoms with E-state index in [1.54, 1.807) is 0 Å². The molecule has 1 aromatic rings. The van der Waals surface area contributed by atoms with Crippen LogP contribution in [0.5, 0.6) is 0 Å². The molecule has 0 saturated carbocycles. The van der Waals surface area contributed by atoms with Crippen molar-refractivity contribution in [1.82, 2.24) is 0 Å². The van der Waals surface area contributed by atoms with E-state index in [-0.39, 0.29) is 11.1 Å². The Bertz CT molecular complexity index is 846. The molecule has 4 heteroatoms. The van der Waals surface area contributed by atoms with E-state index in [0.717, 1.165) is 43.2 Å². The lowest BCUT2D eigenvalue weighted by atomic mass is 9.89. The van der Waals surface area contributed by atoms with Crippen LogP contribution in [0.15, 0.2) is 12.1 Å². The number of hydrogen-bond acceptors (Lipinski definition) is 2. The van der Waals surface area contributed by atoms with Crippen molar-refractivity contribution in [3.05, 3.63) is 34.4 Å². The Kier molecular flexibility index (Phi) is 26.1. The Labute approximate surface area is 272 Å². The zero-order valence-electron chi connectivity index (χ0n) is 29.1. The fraction of sp³-hybridized carbons (Fsp3) is 0.800. The van der Waals surface area contributed by atoms with Crippen LogP contribution in [0.1, 0.15) is 225 Å². The van der Waals surface area contributed by atoms with Gasteiger partial charge in [-0.05, 0) is 42.9 Å². The minimum Gasteiger partial charge on any atom is -0.478 e. The summed E-state index contributed by atoms with van der Waals surface area (Å²) in [4.78, 5) is 24.0. The van der Waals surface area contributed by atoms with E-state index >= 15 is 0 Å².